The van der Waals surface area contributed by atoms with Crippen molar-refractivity contribution in [2.45, 2.75) is 45.2 Å². The molecule has 4 rings (SSSR count). The monoisotopic (exact) mass is 308 g/mol. The SMILES string of the molecule is Cc1cc(C(=O)N2c3ccccc3CC2C)nc(NC2CC2)n1. The van der Waals surface area contributed by atoms with Crippen LogP contribution in [0, 0.1) is 6.92 Å². The van der Waals surface area contributed by atoms with Gasteiger partial charge in [-0.2, -0.15) is 0 Å². The predicted octanol–water partition coefficient (Wildman–Crippen LogP) is 2.95. The van der Waals surface area contributed by atoms with Gasteiger partial charge in [-0.3, -0.25) is 4.79 Å². The zero-order valence-electron chi connectivity index (χ0n) is 13.4. The van der Waals surface area contributed by atoms with Crippen LogP contribution in [0.1, 0.15) is 41.5 Å². The van der Waals surface area contributed by atoms with Crippen molar-refractivity contribution >= 4 is 17.5 Å². The molecule has 1 aliphatic carbocycles. The van der Waals surface area contributed by atoms with Crippen molar-refractivity contribution in [1.29, 1.82) is 0 Å². The van der Waals surface area contributed by atoms with Crippen LogP contribution in [0.2, 0.25) is 0 Å². The number of carbonyl (C=O) groups excluding carboxylic acids is 1. The summed E-state index contributed by atoms with van der Waals surface area (Å²) in [6.45, 7) is 3.98. The summed E-state index contributed by atoms with van der Waals surface area (Å²) >= 11 is 0. The fourth-order valence-electron chi connectivity index (χ4n) is 3.15. The number of anilines is 2. The molecule has 0 radical (unpaired) electrons. The van der Waals surface area contributed by atoms with Crippen LogP contribution in [0.4, 0.5) is 11.6 Å². The zero-order valence-corrected chi connectivity index (χ0v) is 13.4. The van der Waals surface area contributed by atoms with E-state index in [9.17, 15) is 4.79 Å². The molecule has 1 atom stereocenters. The van der Waals surface area contributed by atoms with Crippen LogP contribution in [0.25, 0.3) is 0 Å². The van der Waals surface area contributed by atoms with Crippen LogP contribution >= 0.6 is 0 Å². The van der Waals surface area contributed by atoms with E-state index in [-0.39, 0.29) is 11.9 Å². The van der Waals surface area contributed by atoms with E-state index in [0.717, 1.165) is 30.6 Å². The molecule has 5 heteroatoms. The molecule has 1 fully saturated rings. The number of nitrogens with zero attached hydrogens (tertiary/aromatic N) is 3. The van der Waals surface area contributed by atoms with Crippen LogP contribution in [0.5, 0.6) is 0 Å². The first-order valence-corrected chi connectivity index (χ1v) is 8.15. The lowest BCUT2D eigenvalue weighted by Gasteiger charge is -2.22. The first-order chi connectivity index (χ1) is 11.1. The van der Waals surface area contributed by atoms with Crippen molar-refractivity contribution in [2.75, 3.05) is 10.2 Å². The number of benzene rings is 1. The largest absolute Gasteiger partial charge is 0.351 e. The van der Waals surface area contributed by atoms with Gasteiger partial charge in [0, 0.05) is 23.5 Å². The number of carbonyl (C=O) groups is 1. The highest BCUT2D eigenvalue weighted by Crippen LogP contribution is 2.33. The van der Waals surface area contributed by atoms with Crippen molar-refractivity contribution in [3.63, 3.8) is 0 Å². The highest BCUT2D eigenvalue weighted by molar-refractivity contribution is 6.06. The standard InChI is InChI=1S/C18H20N4O/c1-11-9-15(21-18(19-11)20-14-7-8-14)17(23)22-12(2)10-13-5-3-4-6-16(13)22/h3-6,9,12,14H,7-8,10H2,1-2H3,(H,19,20,21). The highest BCUT2D eigenvalue weighted by atomic mass is 16.2. The van der Waals surface area contributed by atoms with E-state index in [4.69, 9.17) is 0 Å². The lowest BCUT2D eigenvalue weighted by atomic mass is 10.1. The van der Waals surface area contributed by atoms with Gasteiger partial charge >= 0.3 is 0 Å². The number of hydrogen-bond acceptors (Lipinski definition) is 4. The molecule has 1 unspecified atom stereocenters. The predicted molar refractivity (Wildman–Crippen MR) is 89.8 cm³/mol. The third kappa shape index (κ3) is 2.67. The van der Waals surface area contributed by atoms with Gasteiger partial charge in [-0.05, 0) is 50.8 Å². The van der Waals surface area contributed by atoms with Crippen LogP contribution in [-0.2, 0) is 6.42 Å². The Morgan fingerprint density at radius 2 is 2.04 bits per heavy atom. The van der Waals surface area contributed by atoms with E-state index in [1.807, 2.05) is 30.0 Å². The summed E-state index contributed by atoms with van der Waals surface area (Å²) in [5, 5.41) is 3.28. The van der Waals surface area contributed by atoms with Crippen LogP contribution in [-0.4, -0.2) is 28.0 Å². The van der Waals surface area contributed by atoms with Gasteiger partial charge in [-0.15, -0.1) is 0 Å². The summed E-state index contributed by atoms with van der Waals surface area (Å²) in [4.78, 5) is 23.7. The smallest absolute Gasteiger partial charge is 0.277 e. The fraction of sp³-hybridized carbons (Fsp3) is 0.389. The molecule has 118 valence electrons. The maximum absolute atomic E-state index is 13.0. The lowest BCUT2D eigenvalue weighted by Crippen LogP contribution is -2.36. The summed E-state index contributed by atoms with van der Waals surface area (Å²) in [6.07, 6.45) is 3.19. The summed E-state index contributed by atoms with van der Waals surface area (Å²) in [5.41, 5.74) is 3.49. The van der Waals surface area contributed by atoms with Crippen LogP contribution in [0.15, 0.2) is 30.3 Å². The molecule has 1 aliphatic heterocycles. The molecule has 1 saturated carbocycles. The van der Waals surface area contributed by atoms with E-state index < -0.39 is 0 Å². The van der Waals surface area contributed by atoms with Crippen molar-refractivity contribution in [1.82, 2.24) is 9.97 Å². The molecule has 1 aromatic carbocycles. The molecule has 1 aromatic heterocycles. The third-order valence-corrected chi connectivity index (χ3v) is 4.41. The summed E-state index contributed by atoms with van der Waals surface area (Å²) in [7, 11) is 0. The molecule has 5 nitrogen and oxygen atoms in total. The normalized spacial score (nSPS) is 19.6. The lowest BCUT2D eigenvalue weighted by molar-refractivity contribution is 0.0976. The minimum absolute atomic E-state index is 0.0493. The van der Waals surface area contributed by atoms with Crippen molar-refractivity contribution in [3.05, 3.63) is 47.3 Å². The molecular formula is C18H20N4O. The topological polar surface area (TPSA) is 58.1 Å². The Bertz CT molecular complexity index is 769. The second-order valence-electron chi connectivity index (χ2n) is 6.49. The Morgan fingerprint density at radius 1 is 1.26 bits per heavy atom. The zero-order chi connectivity index (χ0) is 16.0. The quantitative estimate of drug-likeness (QED) is 0.947. The van der Waals surface area contributed by atoms with E-state index in [1.54, 1.807) is 6.07 Å². The summed E-state index contributed by atoms with van der Waals surface area (Å²) in [6, 6.07) is 10.5. The van der Waals surface area contributed by atoms with Crippen molar-refractivity contribution < 1.29 is 4.79 Å². The average molecular weight is 308 g/mol. The van der Waals surface area contributed by atoms with Gasteiger partial charge in [0.15, 0.2) is 0 Å². The number of hydrogen-bond donors (Lipinski definition) is 1. The molecule has 0 saturated heterocycles. The number of nitrogens with one attached hydrogen (secondary N) is 1. The second kappa shape index (κ2) is 5.33. The van der Waals surface area contributed by atoms with Gasteiger partial charge in [0.2, 0.25) is 5.95 Å². The Labute approximate surface area is 135 Å². The first-order valence-electron chi connectivity index (χ1n) is 8.15. The summed E-state index contributed by atoms with van der Waals surface area (Å²) < 4.78 is 0. The van der Waals surface area contributed by atoms with Crippen molar-refractivity contribution in [3.8, 4) is 0 Å². The van der Waals surface area contributed by atoms with E-state index in [1.165, 1.54) is 5.56 Å². The van der Waals surface area contributed by atoms with Gasteiger partial charge in [0.25, 0.3) is 5.91 Å². The maximum Gasteiger partial charge on any atom is 0.277 e. The molecule has 0 spiro atoms. The van der Waals surface area contributed by atoms with Gasteiger partial charge in [0.05, 0.1) is 0 Å². The second-order valence-corrected chi connectivity index (χ2v) is 6.49. The molecular weight excluding hydrogens is 288 g/mol. The van der Waals surface area contributed by atoms with Gasteiger partial charge < -0.3 is 10.2 Å². The fourth-order valence-corrected chi connectivity index (χ4v) is 3.15. The average Bonchev–Trinajstić information content (AvgIpc) is 3.26. The Morgan fingerprint density at radius 3 is 2.83 bits per heavy atom. The number of fused-ring (bicyclic) bond motifs is 1. The van der Waals surface area contributed by atoms with Crippen LogP contribution in [0.3, 0.4) is 0 Å². The minimum atomic E-state index is -0.0493. The van der Waals surface area contributed by atoms with E-state index >= 15 is 0 Å². The number of para-hydroxylation sites is 1. The molecule has 0 bridgehead atoms. The molecule has 1 amide bonds. The molecule has 23 heavy (non-hydrogen) atoms. The Hall–Kier alpha value is -2.43. The maximum atomic E-state index is 13.0. The molecule has 1 N–H and O–H groups in total. The number of rotatable bonds is 3. The third-order valence-electron chi connectivity index (χ3n) is 4.41. The van der Waals surface area contributed by atoms with E-state index in [0.29, 0.717) is 17.7 Å². The molecule has 2 aromatic rings. The van der Waals surface area contributed by atoms with Gasteiger partial charge in [0.1, 0.15) is 5.69 Å². The summed E-state index contributed by atoms with van der Waals surface area (Å²) in [5.74, 6) is 0.516. The van der Waals surface area contributed by atoms with Gasteiger partial charge in [-0.1, -0.05) is 18.2 Å². The Balaban J connectivity index is 1.67. The first kappa shape index (κ1) is 14.2. The van der Waals surface area contributed by atoms with Crippen LogP contribution < -0.4 is 10.2 Å². The van der Waals surface area contributed by atoms with E-state index in [2.05, 4.69) is 28.3 Å². The van der Waals surface area contributed by atoms with Gasteiger partial charge in [-0.25, -0.2) is 9.97 Å². The Kier molecular flexibility index (Phi) is 3.29. The number of amides is 1. The highest BCUT2D eigenvalue weighted by Gasteiger charge is 2.32. The van der Waals surface area contributed by atoms with Crippen molar-refractivity contribution in [2.24, 2.45) is 0 Å². The molecule has 2 aliphatic rings. The molecule has 2 heterocycles. The number of aryl methyl sites for hydroxylation is 1. The number of aromatic nitrogens is 2. The minimum Gasteiger partial charge on any atom is -0.351 e.